The van der Waals surface area contributed by atoms with Gasteiger partial charge in [0.2, 0.25) is 11.8 Å². The third kappa shape index (κ3) is 2.67. The lowest BCUT2D eigenvalue weighted by atomic mass is 10.1. The molecule has 0 aromatic heterocycles. The molecular weight excluding hydrogens is 280 g/mol. The molecule has 5 heteroatoms. The van der Waals surface area contributed by atoms with Gasteiger partial charge in [0.05, 0.1) is 18.2 Å². The second-order valence-electron chi connectivity index (χ2n) is 5.30. The molecule has 0 saturated carbocycles. The van der Waals surface area contributed by atoms with E-state index in [-0.39, 0.29) is 24.2 Å². The molecular formula is C17H18N2O3. The second-order valence-corrected chi connectivity index (χ2v) is 5.30. The van der Waals surface area contributed by atoms with E-state index in [1.807, 2.05) is 42.5 Å². The van der Waals surface area contributed by atoms with Gasteiger partial charge in [-0.25, -0.2) is 5.48 Å². The lowest BCUT2D eigenvalue weighted by molar-refractivity contribution is -0.137. The maximum absolute atomic E-state index is 12.3. The minimum Gasteiger partial charge on any atom is -0.311 e. The molecule has 2 amide bonds. The standard InChI is InChI=1S/C17H18N2O3/c1-2-22-18-17(21)13-10-16(20)19(11-13)15-9-5-7-12-6-3-4-8-14(12)15/h3-9,13H,2,10-11H2,1H3,(H,18,21). The van der Waals surface area contributed by atoms with Gasteiger partial charge in [0.1, 0.15) is 0 Å². The highest BCUT2D eigenvalue weighted by Gasteiger charge is 2.35. The summed E-state index contributed by atoms with van der Waals surface area (Å²) in [4.78, 5) is 30.9. The first-order chi connectivity index (χ1) is 10.7. The number of carbonyl (C=O) groups is 2. The normalized spacial score (nSPS) is 18.0. The molecule has 0 spiro atoms. The van der Waals surface area contributed by atoms with Crippen molar-refractivity contribution in [2.75, 3.05) is 18.1 Å². The van der Waals surface area contributed by atoms with Crippen LogP contribution in [0.15, 0.2) is 42.5 Å². The summed E-state index contributed by atoms with van der Waals surface area (Å²) in [6, 6.07) is 13.8. The van der Waals surface area contributed by atoms with Crippen LogP contribution in [0.4, 0.5) is 5.69 Å². The molecule has 3 rings (SSSR count). The van der Waals surface area contributed by atoms with Gasteiger partial charge in [0.15, 0.2) is 0 Å². The van der Waals surface area contributed by atoms with Gasteiger partial charge in [-0.1, -0.05) is 36.4 Å². The number of benzene rings is 2. The van der Waals surface area contributed by atoms with Gasteiger partial charge in [-0.2, -0.15) is 0 Å². The van der Waals surface area contributed by atoms with Crippen LogP contribution in [0.25, 0.3) is 10.8 Å². The molecule has 0 bridgehead atoms. The monoisotopic (exact) mass is 298 g/mol. The van der Waals surface area contributed by atoms with Gasteiger partial charge in [-0.15, -0.1) is 0 Å². The number of anilines is 1. The molecule has 22 heavy (non-hydrogen) atoms. The van der Waals surface area contributed by atoms with Crippen LogP contribution in [-0.4, -0.2) is 25.0 Å². The maximum atomic E-state index is 12.3. The van der Waals surface area contributed by atoms with Gasteiger partial charge < -0.3 is 4.90 Å². The number of amides is 2. The number of hydrogen-bond donors (Lipinski definition) is 1. The average molecular weight is 298 g/mol. The number of carbonyl (C=O) groups excluding carboxylic acids is 2. The molecule has 114 valence electrons. The predicted octanol–water partition coefficient (Wildman–Crippen LogP) is 2.26. The SMILES string of the molecule is CCONC(=O)C1CC(=O)N(c2cccc3ccccc23)C1. The lowest BCUT2D eigenvalue weighted by Gasteiger charge is -2.19. The summed E-state index contributed by atoms with van der Waals surface area (Å²) in [6.07, 6.45) is 0.210. The zero-order chi connectivity index (χ0) is 15.5. The molecule has 1 N–H and O–H groups in total. The van der Waals surface area contributed by atoms with Gasteiger partial charge in [0.25, 0.3) is 0 Å². The van der Waals surface area contributed by atoms with E-state index >= 15 is 0 Å². The minimum absolute atomic E-state index is 0.0343. The summed E-state index contributed by atoms with van der Waals surface area (Å²) in [5.41, 5.74) is 3.24. The highest BCUT2D eigenvalue weighted by molar-refractivity contribution is 6.06. The van der Waals surface area contributed by atoms with Crippen molar-refractivity contribution in [3.05, 3.63) is 42.5 Å². The summed E-state index contributed by atoms with van der Waals surface area (Å²) in [7, 11) is 0. The highest BCUT2D eigenvalue weighted by atomic mass is 16.6. The Morgan fingerprint density at radius 1 is 1.27 bits per heavy atom. The Morgan fingerprint density at radius 3 is 2.86 bits per heavy atom. The van der Waals surface area contributed by atoms with E-state index in [2.05, 4.69) is 5.48 Å². The fraction of sp³-hybridized carbons (Fsp3) is 0.294. The van der Waals surface area contributed by atoms with E-state index in [1.165, 1.54) is 0 Å². The fourth-order valence-electron chi connectivity index (χ4n) is 2.79. The average Bonchev–Trinajstić information content (AvgIpc) is 2.94. The first kappa shape index (κ1) is 14.5. The number of hydroxylamine groups is 1. The van der Waals surface area contributed by atoms with Gasteiger partial charge in [-0.05, 0) is 18.4 Å². The van der Waals surface area contributed by atoms with Crippen molar-refractivity contribution < 1.29 is 14.4 Å². The first-order valence-electron chi connectivity index (χ1n) is 7.40. The molecule has 1 aliphatic heterocycles. The van der Waals surface area contributed by atoms with Crippen LogP contribution in [-0.2, 0) is 14.4 Å². The van der Waals surface area contributed by atoms with Gasteiger partial charge >= 0.3 is 0 Å². The Bertz CT molecular complexity index is 709. The van der Waals surface area contributed by atoms with Crippen LogP contribution < -0.4 is 10.4 Å². The number of nitrogens with one attached hydrogen (secondary N) is 1. The van der Waals surface area contributed by atoms with Crippen molar-refractivity contribution in [3.8, 4) is 0 Å². The van der Waals surface area contributed by atoms with E-state index in [4.69, 9.17) is 4.84 Å². The molecule has 5 nitrogen and oxygen atoms in total. The molecule has 1 saturated heterocycles. The Balaban J connectivity index is 1.86. The van der Waals surface area contributed by atoms with E-state index < -0.39 is 0 Å². The fourth-order valence-corrected chi connectivity index (χ4v) is 2.79. The van der Waals surface area contributed by atoms with E-state index in [0.29, 0.717) is 13.2 Å². The van der Waals surface area contributed by atoms with Crippen LogP contribution in [0, 0.1) is 5.92 Å². The zero-order valence-corrected chi connectivity index (χ0v) is 12.4. The van der Waals surface area contributed by atoms with Gasteiger partial charge in [-0.3, -0.25) is 14.4 Å². The Hall–Kier alpha value is -2.40. The van der Waals surface area contributed by atoms with Crippen LogP contribution in [0.2, 0.25) is 0 Å². The molecule has 1 aliphatic rings. The maximum Gasteiger partial charge on any atom is 0.248 e. The number of hydrogen-bond acceptors (Lipinski definition) is 3. The molecule has 2 aromatic carbocycles. The molecule has 1 fully saturated rings. The summed E-state index contributed by atoms with van der Waals surface area (Å²) in [5, 5.41) is 2.10. The quantitative estimate of drug-likeness (QED) is 0.881. The molecule has 1 atom stereocenters. The molecule has 0 radical (unpaired) electrons. The van der Waals surface area contributed by atoms with Crippen molar-refractivity contribution in [2.45, 2.75) is 13.3 Å². The van der Waals surface area contributed by atoms with Crippen molar-refractivity contribution in [2.24, 2.45) is 5.92 Å². The number of fused-ring (bicyclic) bond motifs is 1. The van der Waals surface area contributed by atoms with Crippen LogP contribution >= 0.6 is 0 Å². The van der Waals surface area contributed by atoms with E-state index in [0.717, 1.165) is 16.5 Å². The smallest absolute Gasteiger partial charge is 0.248 e. The highest BCUT2D eigenvalue weighted by Crippen LogP contribution is 2.31. The molecule has 0 aliphatic carbocycles. The van der Waals surface area contributed by atoms with Crippen molar-refractivity contribution in [1.29, 1.82) is 0 Å². The topological polar surface area (TPSA) is 58.6 Å². The second kappa shape index (κ2) is 6.15. The Labute approximate surface area is 128 Å². The zero-order valence-electron chi connectivity index (χ0n) is 12.4. The van der Waals surface area contributed by atoms with Crippen molar-refractivity contribution in [1.82, 2.24) is 5.48 Å². The first-order valence-corrected chi connectivity index (χ1v) is 7.40. The largest absolute Gasteiger partial charge is 0.311 e. The molecule has 1 heterocycles. The lowest BCUT2D eigenvalue weighted by Crippen LogP contribution is -2.33. The summed E-state index contributed by atoms with van der Waals surface area (Å²) in [5.74, 6) is -0.649. The minimum atomic E-state index is -0.377. The summed E-state index contributed by atoms with van der Waals surface area (Å²) in [6.45, 7) is 2.58. The van der Waals surface area contributed by atoms with Crippen molar-refractivity contribution >= 4 is 28.3 Å². The van der Waals surface area contributed by atoms with Crippen LogP contribution in [0.1, 0.15) is 13.3 Å². The third-order valence-corrected chi connectivity index (χ3v) is 3.87. The Morgan fingerprint density at radius 2 is 2.05 bits per heavy atom. The summed E-state index contributed by atoms with van der Waals surface area (Å²) < 4.78 is 0. The van der Waals surface area contributed by atoms with Crippen LogP contribution in [0.3, 0.4) is 0 Å². The van der Waals surface area contributed by atoms with Crippen molar-refractivity contribution in [3.63, 3.8) is 0 Å². The van der Waals surface area contributed by atoms with E-state index in [9.17, 15) is 9.59 Å². The Kier molecular flexibility index (Phi) is 4.06. The summed E-state index contributed by atoms with van der Waals surface area (Å²) >= 11 is 0. The molecule has 2 aromatic rings. The van der Waals surface area contributed by atoms with E-state index in [1.54, 1.807) is 11.8 Å². The molecule has 1 unspecified atom stereocenters. The number of nitrogens with zero attached hydrogens (tertiary/aromatic N) is 1. The third-order valence-electron chi connectivity index (χ3n) is 3.87. The number of rotatable bonds is 4. The van der Waals surface area contributed by atoms with Crippen LogP contribution in [0.5, 0.6) is 0 Å². The van der Waals surface area contributed by atoms with Gasteiger partial charge in [0, 0.05) is 18.4 Å². The predicted molar refractivity (Wildman–Crippen MR) is 84.2 cm³/mol.